The van der Waals surface area contributed by atoms with Crippen molar-refractivity contribution in [2.45, 2.75) is 61.8 Å². The fourth-order valence-corrected chi connectivity index (χ4v) is 7.65. The van der Waals surface area contributed by atoms with Crippen molar-refractivity contribution in [2.75, 3.05) is 11.5 Å². The number of hydrogen-bond donors (Lipinski definition) is 1. The number of ether oxygens (including phenoxy) is 2. The number of amides is 1. The number of aromatic nitrogens is 2. The van der Waals surface area contributed by atoms with Crippen LogP contribution in [0.15, 0.2) is 76.6 Å². The maximum absolute atomic E-state index is 13.7. The quantitative estimate of drug-likeness (QED) is 0.0431. The van der Waals surface area contributed by atoms with Gasteiger partial charge < -0.3 is 14.6 Å². The summed E-state index contributed by atoms with van der Waals surface area (Å²) < 4.78 is 12.5. The average Bonchev–Trinajstić information content (AvgIpc) is 3.73. The van der Waals surface area contributed by atoms with E-state index in [4.69, 9.17) is 21.1 Å². The van der Waals surface area contributed by atoms with Crippen LogP contribution in [0, 0.1) is 0 Å². The molecular formula is C34H32ClN3O5S2. The fourth-order valence-electron chi connectivity index (χ4n) is 5.50. The third-order valence-corrected chi connectivity index (χ3v) is 10.2. The average molecular weight is 662 g/mol. The molecule has 4 aromatic rings. The Balaban J connectivity index is 1.38. The van der Waals surface area contributed by atoms with Gasteiger partial charge in [0.1, 0.15) is 23.4 Å². The number of benzene rings is 3. The normalized spacial score (nSPS) is 18.7. The lowest BCUT2D eigenvalue weighted by Crippen LogP contribution is -2.29. The summed E-state index contributed by atoms with van der Waals surface area (Å²) >= 11 is 8.98. The molecule has 0 unspecified atom stereocenters. The molecule has 232 valence electrons. The van der Waals surface area contributed by atoms with Crippen molar-refractivity contribution in [3.63, 3.8) is 0 Å². The first kappa shape index (κ1) is 31.1. The molecule has 0 aliphatic carbocycles. The summed E-state index contributed by atoms with van der Waals surface area (Å²) in [6.07, 6.45) is 3.75. The number of ketones is 1. The predicted octanol–water partition coefficient (Wildman–Crippen LogP) is 8.00. The monoisotopic (exact) mass is 661 g/mol. The van der Waals surface area contributed by atoms with E-state index in [0.717, 1.165) is 36.1 Å². The van der Waals surface area contributed by atoms with Crippen LogP contribution in [0.3, 0.4) is 0 Å². The summed E-state index contributed by atoms with van der Waals surface area (Å²) in [4.78, 5) is 28.8. The minimum Gasteiger partial charge on any atom is -0.507 e. The zero-order valence-corrected chi connectivity index (χ0v) is 27.3. The van der Waals surface area contributed by atoms with E-state index in [9.17, 15) is 14.7 Å². The molecule has 8 nitrogen and oxygen atoms in total. The molecule has 1 amide bonds. The molecule has 0 radical (unpaired) electrons. The van der Waals surface area contributed by atoms with Gasteiger partial charge in [-0.05, 0) is 66.4 Å². The highest BCUT2D eigenvalue weighted by Crippen LogP contribution is 2.45. The number of carbonyl (C=O) groups excluding carboxylic acids is 2. The van der Waals surface area contributed by atoms with E-state index in [-0.39, 0.29) is 22.6 Å². The third-order valence-electron chi connectivity index (χ3n) is 7.72. The Labute approximate surface area is 275 Å². The van der Waals surface area contributed by atoms with Crippen LogP contribution in [0.5, 0.6) is 11.5 Å². The summed E-state index contributed by atoms with van der Waals surface area (Å²) in [5, 5.41) is 21.2. The third kappa shape index (κ3) is 6.59. The molecule has 45 heavy (non-hydrogen) atoms. The molecule has 2 aliphatic heterocycles. The number of thioether (sulfide) groups is 1. The van der Waals surface area contributed by atoms with Gasteiger partial charge in [-0.15, -0.1) is 10.2 Å². The van der Waals surface area contributed by atoms with Gasteiger partial charge >= 0.3 is 5.91 Å². The molecule has 1 fully saturated rings. The number of halogens is 1. The maximum atomic E-state index is 13.7. The van der Waals surface area contributed by atoms with Crippen LogP contribution in [-0.2, 0) is 21.8 Å². The van der Waals surface area contributed by atoms with Crippen molar-refractivity contribution in [3.8, 4) is 11.5 Å². The molecule has 0 bridgehead atoms. The number of aliphatic hydroxyl groups excluding tert-OH is 1. The Morgan fingerprint density at radius 3 is 2.78 bits per heavy atom. The highest BCUT2D eigenvalue weighted by molar-refractivity contribution is 8.00. The second kappa shape index (κ2) is 13.6. The molecule has 6 rings (SSSR count). The van der Waals surface area contributed by atoms with Crippen LogP contribution in [0.25, 0.3) is 5.76 Å². The van der Waals surface area contributed by atoms with Crippen LogP contribution in [-0.4, -0.2) is 39.7 Å². The molecule has 2 aliphatic rings. The Kier molecular flexibility index (Phi) is 9.44. The predicted molar refractivity (Wildman–Crippen MR) is 177 cm³/mol. The van der Waals surface area contributed by atoms with Gasteiger partial charge in [0.05, 0.1) is 18.2 Å². The minimum absolute atomic E-state index is 0.0180. The Morgan fingerprint density at radius 2 is 1.96 bits per heavy atom. The molecule has 1 aromatic heterocycles. The highest BCUT2D eigenvalue weighted by Gasteiger charge is 2.48. The van der Waals surface area contributed by atoms with Crippen molar-refractivity contribution < 1.29 is 24.2 Å². The lowest BCUT2D eigenvalue weighted by molar-refractivity contribution is -0.132. The molecular weight excluding hydrogens is 630 g/mol. The minimum atomic E-state index is -0.943. The summed E-state index contributed by atoms with van der Waals surface area (Å²) in [6.45, 7) is 4.66. The van der Waals surface area contributed by atoms with E-state index in [1.54, 1.807) is 12.1 Å². The van der Waals surface area contributed by atoms with Crippen LogP contribution in [0.1, 0.15) is 61.4 Å². The SMILES string of the molecule is CCCCCOc1cccc([C@H]2/C(=C(\O)c3ccc4c(c3)C[C@@H](C)O4)C(=O)C(=O)N2c2nnc(SCc3ccccc3Cl)s2)c1. The van der Waals surface area contributed by atoms with Crippen LogP contribution >= 0.6 is 34.7 Å². The largest absolute Gasteiger partial charge is 0.507 e. The van der Waals surface area contributed by atoms with Crippen molar-refractivity contribution in [1.29, 1.82) is 0 Å². The number of nitrogens with zero attached hydrogens (tertiary/aromatic N) is 3. The second-order valence-corrected chi connectivity index (χ2v) is 13.6. The molecule has 1 N–H and O–H groups in total. The van der Waals surface area contributed by atoms with E-state index in [2.05, 4.69) is 17.1 Å². The van der Waals surface area contributed by atoms with Crippen molar-refractivity contribution in [2.24, 2.45) is 0 Å². The van der Waals surface area contributed by atoms with Gasteiger partial charge in [0.2, 0.25) is 5.13 Å². The lowest BCUT2D eigenvalue weighted by Gasteiger charge is -2.23. The van der Waals surface area contributed by atoms with Crippen molar-refractivity contribution >= 4 is 57.3 Å². The van der Waals surface area contributed by atoms with Gasteiger partial charge in [-0.3, -0.25) is 14.5 Å². The number of carbonyl (C=O) groups is 2. The van der Waals surface area contributed by atoms with Crippen LogP contribution < -0.4 is 14.4 Å². The van der Waals surface area contributed by atoms with Gasteiger partial charge in [-0.2, -0.15) is 0 Å². The van der Waals surface area contributed by atoms with Gasteiger partial charge in [-0.25, -0.2) is 0 Å². The number of unbranched alkanes of at least 4 members (excludes halogenated alkanes) is 2. The summed E-state index contributed by atoms with van der Waals surface area (Å²) in [7, 11) is 0. The maximum Gasteiger partial charge on any atom is 0.301 e. The van der Waals surface area contributed by atoms with Gasteiger partial charge in [0, 0.05) is 22.8 Å². The van der Waals surface area contributed by atoms with E-state index in [1.165, 1.54) is 28.0 Å². The van der Waals surface area contributed by atoms with Gasteiger partial charge in [-0.1, -0.05) is 84.8 Å². The van der Waals surface area contributed by atoms with E-state index >= 15 is 0 Å². The zero-order valence-electron chi connectivity index (χ0n) is 24.9. The fraction of sp³-hybridized carbons (Fsp3) is 0.294. The van der Waals surface area contributed by atoms with E-state index < -0.39 is 17.7 Å². The molecule has 1 saturated heterocycles. The zero-order chi connectivity index (χ0) is 31.5. The number of anilines is 1. The first-order valence-electron chi connectivity index (χ1n) is 14.9. The number of rotatable bonds is 11. The Bertz CT molecular complexity index is 1770. The van der Waals surface area contributed by atoms with Gasteiger partial charge in [0.25, 0.3) is 5.78 Å². The molecule has 3 heterocycles. The lowest BCUT2D eigenvalue weighted by atomic mass is 9.94. The van der Waals surface area contributed by atoms with Crippen molar-refractivity contribution in [1.82, 2.24) is 10.2 Å². The smallest absolute Gasteiger partial charge is 0.301 e. The molecule has 2 atom stereocenters. The second-order valence-electron chi connectivity index (χ2n) is 11.0. The highest BCUT2D eigenvalue weighted by atomic mass is 35.5. The summed E-state index contributed by atoms with van der Waals surface area (Å²) in [5.74, 6) is 0.0976. The van der Waals surface area contributed by atoms with E-state index in [0.29, 0.717) is 45.0 Å². The first-order chi connectivity index (χ1) is 21.8. The summed E-state index contributed by atoms with van der Waals surface area (Å²) in [5.41, 5.74) is 2.92. The first-order valence-corrected chi connectivity index (χ1v) is 17.1. The Hall–Kier alpha value is -3.86. The number of hydrogen-bond acceptors (Lipinski definition) is 9. The molecule has 11 heteroatoms. The molecule has 0 spiro atoms. The number of fused-ring (bicyclic) bond motifs is 1. The summed E-state index contributed by atoms with van der Waals surface area (Å²) in [6, 6.07) is 19.2. The topological polar surface area (TPSA) is 102 Å². The van der Waals surface area contributed by atoms with Gasteiger partial charge in [0.15, 0.2) is 4.34 Å². The number of aliphatic hydroxyl groups is 1. The standard InChI is InChI=1S/C34H32ClN3O5S2/c1-3-4-7-15-42-25-11-8-10-21(18-25)29-28(30(39)22-13-14-27-24(17-22)16-20(2)43-27)31(40)32(41)38(29)33-36-37-34(45-33)44-19-23-9-5-6-12-26(23)35/h5-6,8-14,17-18,20,29,39H,3-4,7,15-16,19H2,1-2H3/b30-28+/t20-,29+/m1/s1. The molecule has 3 aromatic carbocycles. The van der Waals surface area contributed by atoms with Crippen LogP contribution in [0.2, 0.25) is 5.02 Å². The number of Topliss-reactive ketones (excluding diaryl/α,β-unsaturated/α-hetero) is 1. The Morgan fingerprint density at radius 1 is 1.11 bits per heavy atom. The van der Waals surface area contributed by atoms with E-state index in [1.807, 2.05) is 61.5 Å². The molecule has 0 saturated carbocycles. The van der Waals surface area contributed by atoms with Crippen LogP contribution in [0.4, 0.5) is 5.13 Å². The van der Waals surface area contributed by atoms with Crippen molar-refractivity contribution in [3.05, 3.63) is 99.6 Å².